The van der Waals surface area contributed by atoms with Crippen LogP contribution in [0.25, 0.3) is 0 Å². The molecule has 0 aliphatic carbocycles. The van der Waals surface area contributed by atoms with Crippen LogP contribution in [0.3, 0.4) is 0 Å². The topological polar surface area (TPSA) is 3.24 Å². The molecule has 0 aliphatic rings. The number of nitrogens with zero attached hydrogens (tertiary/aromatic N) is 1. The predicted molar refractivity (Wildman–Crippen MR) is 44.4 cm³/mol. The smallest absolute Gasteiger partial charge is 0.0585 e. The van der Waals surface area contributed by atoms with Gasteiger partial charge in [-0.1, -0.05) is 22.6 Å². The molecule has 46 valence electrons. The number of rotatable bonds is 1. The second-order valence-electron chi connectivity index (χ2n) is 1.54. The van der Waals surface area contributed by atoms with Gasteiger partial charge in [0.2, 0.25) is 0 Å². The minimum atomic E-state index is 0. The molecule has 0 radical (unpaired) electrons. The van der Waals surface area contributed by atoms with Crippen LogP contribution in [0.15, 0.2) is 0 Å². The van der Waals surface area contributed by atoms with Crippen LogP contribution in [0, 0.1) is 0 Å². The first-order valence-corrected chi connectivity index (χ1v) is 3.19. The van der Waals surface area contributed by atoms with Crippen molar-refractivity contribution in [2.24, 2.45) is 0 Å². The largest absolute Gasteiger partial charge is 0.298 e. The van der Waals surface area contributed by atoms with Crippen molar-refractivity contribution in [3.05, 3.63) is 0 Å². The summed E-state index contributed by atoms with van der Waals surface area (Å²) >= 11 is 2.36. The average Bonchev–Trinajstić information content (AvgIpc) is 1.36. The van der Waals surface area contributed by atoms with Gasteiger partial charge in [-0.25, -0.2) is 0 Å². The van der Waals surface area contributed by atoms with E-state index in [1.54, 1.807) is 0 Å². The highest BCUT2D eigenvalue weighted by Gasteiger charge is 1.92. The first kappa shape index (κ1) is 10.9. The molecule has 0 heterocycles. The van der Waals surface area contributed by atoms with Gasteiger partial charge in [0.25, 0.3) is 0 Å². The van der Waals surface area contributed by atoms with Crippen molar-refractivity contribution in [3.8, 4) is 0 Å². The summed E-state index contributed by atoms with van der Waals surface area (Å²) < 4.78 is 0.655. The van der Waals surface area contributed by atoms with Gasteiger partial charge in [-0.2, -0.15) is 0 Å². The summed E-state index contributed by atoms with van der Waals surface area (Å²) in [5.41, 5.74) is 0. The Labute approximate surface area is 65.0 Å². The lowest BCUT2D eigenvalue weighted by atomic mass is 10.7. The molecule has 1 nitrogen and oxygen atoms in total. The molecule has 1 atom stereocenters. The van der Waals surface area contributed by atoms with Crippen molar-refractivity contribution < 1.29 is 0 Å². The van der Waals surface area contributed by atoms with E-state index in [1.165, 1.54) is 0 Å². The van der Waals surface area contributed by atoms with Gasteiger partial charge in [-0.05, 0) is 21.0 Å². The molecule has 7 heavy (non-hydrogen) atoms. The molecule has 0 saturated carbocycles. The highest BCUT2D eigenvalue weighted by atomic mass is 127. The van der Waals surface area contributed by atoms with E-state index in [0.29, 0.717) is 4.05 Å². The molecule has 0 N–H and O–H groups in total. The summed E-state index contributed by atoms with van der Waals surface area (Å²) in [5, 5.41) is 0. The fraction of sp³-hybridized carbons (Fsp3) is 1.00. The summed E-state index contributed by atoms with van der Waals surface area (Å²) in [7, 11) is 4.13. The van der Waals surface area contributed by atoms with Crippen LogP contribution >= 0.6 is 35.0 Å². The Kier molecular flexibility index (Phi) is 7.96. The van der Waals surface area contributed by atoms with Crippen LogP contribution in [0.1, 0.15) is 6.92 Å². The van der Waals surface area contributed by atoms with E-state index in [2.05, 4.69) is 48.5 Å². The molecule has 3 heteroatoms. The molecule has 0 aromatic rings. The van der Waals surface area contributed by atoms with Gasteiger partial charge in [0.1, 0.15) is 0 Å². The number of halogens is 2. The van der Waals surface area contributed by atoms with E-state index in [4.69, 9.17) is 0 Å². The normalized spacial score (nSPS) is 13.3. The summed E-state index contributed by atoms with van der Waals surface area (Å²) in [6.45, 7) is 2.15. The van der Waals surface area contributed by atoms with Gasteiger partial charge in [0, 0.05) is 0 Å². The Bertz CT molecular complexity index is 32.7. The Balaban J connectivity index is 0. The standard InChI is InChI=1S/C4H10IN.ClH/c1-4(5)6(2)3;/h4H,1-3H3;1H. The molecule has 0 saturated heterocycles. The van der Waals surface area contributed by atoms with Gasteiger partial charge in [-0.15, -0.1) is 12.4 Å². The molecule has 0 bridgehead atoms. The van der Waals surface area contributed by atoms with Gasteiger partial charge in [-0.3, -0.25) is 4.90 Å². The zero-order chi connectivity index (χ0) is 5.15. The summed E-state index contributed by atoms with van der Waals surface area (Å²) in [6.07, 6.45) is 0. The Morgan fingerprint density at radius 1 is 1.43 bits per heavy atom. The van der Waals surface area contributed by atoms with E-state index in [-0.39, 0.29) is 12.4 Å². The third-order valence-corrected chi connectivity index (χ3v) is 1.83. The van der Waals surface area contributed by atoms with Gasteiger partial charge in [0.05, 0.1) is 4.05 Å². The van der Waals surface area contributed by atoms with Crippen LogP contribution in [0.2, 0.25) is 0 Å². The van der Waals surface area contributed by atoms with E-state index in [0.717, 1.165) is 0 Å². The van der Waals surface area contributed by atoms with Crippen LogP contribution in [0.4, 0.5) is 0 Å². The van der Waals surface area contributed by atoms with E-state index in [9.17, 15) is 0 Å². The SMILES string of the molecule is CC(I)N(C)C.Cl. The van der Waals surface area contributed by atoms with Gasteiger partial charge >= 0.3 is 0 Å². The molecule has 0 aromatic heterocycles. The second-order valence-corrected chi connectivity index (χ2v) is 3.34. The van der Waals surface area contributed by atoms with Gasteiger partial charge < -0.3 is 0 Å². The maximum Gasteiger partial charge on any atom is 0.0585 e. The fourth-order valence-corrected chi connectivity index (χ4v) is 0. The lowest BCUT2D eigenvalue weighted by Gasteiger charge is -2.10. The third-order valence-electron chi connectivity index (χ3n) is 0.712. The Morgan fingerprint density at radius 3 is 1.57 bits per heavy atom. The molecular weight excluding hydrogens is 224 g/mol. The number of hydrogen-bond donors (Lipinski definition) is 0. The minimum Gasteiger partial charge on any atom is -0.298 e. The molecule has 1 unspecified atom stereocenters. The first-order valence-electron chi connectivity index (χ1n) is 1.95. The quantitative estimate of drug-likeness (QED) is 0.380. The van der Waals surface area contributed by atoms with Crippen LogP contribution in [0.5, 0.6) is 0 Å². The van der Waals surface area contributed by atoms with E-state index in [1.807, 2.05) is 0 Å². The van der Waals surface area contributed by atoms with Crippen molar-refractivity contribution in [2.45, 2.75) is 11.0 Å². The summed E-state index contributed by atoms with van der Waals surface area (Å²) in [5.74, 6) is 0. The zero-order valence-corrected chi connectivity index (χ0v) is 7.78. The number of hydrogen-bond acceptors (Lipinski definition) is 1. The number of alkyl halides is 1. The fourth-order valence-electron chi connectivity index (χ4n) is 0. The highest BCUT2D eigenvalue weighted by molar-refractivity contribution is 14.1. The van der Waals surface area contributed by atoms with Crippen molar-refractivity contribution in [3.63, 3.8) is 0 Å². The van der Waals surface area contributed by atoms with Crippen LogP contribution in [-0.2, 0) is 0 Å². The highest BCUT2D eigenvalue weighted by Crippen LogP contribution is 1.98. The molecule has 0 amide bonds. The Hall–Kier alpha value is 0.980. The minimum absolute atomic E-state index is 0. The summed E-state index contributed by atoms with van der Waals surface area (Å²) in [4.78, 5) is 2.15. The first-order chi connectivity index (χ1) is 2.64. The third kappa shape index (κ3) is 6.98. The van der Waals surface area contributed by atoms with E-state index < -0.39 is 0 Å². The van der Waals surface area contributed by atoms with Crippen molar-refractivity contribution in [1.29, 1.82) is 0 Å². The molecule has 0 rings (SSSR count). The van der Waals surface area contributed by atoms with Crippen molar-refractivity contribution >= 4 is 35.0 Å². The monoisotopic (exact) mass is 235 g/mol. The van der Waals surface area contributed by atoms with Crippen LogP contribution < -0.4 is 0 Å². The zero-order valence-electron chi connectivity index (χ0n) is 4.81. The lowest BCUT2D eigenvalue weighted by Crippen LogP contribution is -2.17. The molecule has 0 spiro atoms. The van der Waals surface area contributed by atoms with Crippen LogP contribution in [-0.4, -0.2) is 23.0 Å². The molecular formula is C4H11ClIN. The van der Waals surface area contributed by atoms with Crippen molar-refractivity contribution in [1.82, 2.24) is 4.90 Å². The predicted octanol–water partition coefficient (Wildman–Crippen LogP) is 1.75. The molecule has 0 aliphatic heterocycles. The maximum absolute atomic E-state index is 2.36. The van der Waals surface area contributed by atoms with E-state index >= 15 is 0 Å². The summed E-state index contributed by atoms with van der Waals surface area (Å²) in [6, 6.07) is 0. The van der Waals surface area contributed by atoms with Gasteiger partial charge in [0.15, 0.2) is 0 Å². The average molecular weight is 235 g/mol. The lowest BCUT2D eigenvalue weighted by molar-refractivity contribution is 0.417. The maximum atomic E-state index is 2.36. The molecule has 0 aromatic carbocycles. The van der Waals surface area contributed by atoms with Crippen molar-refractivity contribution in [2.75, 3.05) is 14.1 Å². The Morgan fingerprint density at radius 2 is 1.57 bits per heavy atom. The molecule has 0 fully saturated rings. The second kappa shape index (κ2) is 5.12.